The van der Waals surface area contributed by atoms with Gasteiger partial charge < -0.3 is 4.74 Å². The largest absolute Gasteiger partial charge is 0.373 e. The van der Waals surface area contributed by atoms with Crippen molar-refractivity contribution >= 4 is 0 Å². The molecule has 12 atom stereocenters. The lowest BCUT2D eigenvalue weighted by Gasteiger charge is -2.51. The lowest BCUT2D eigenvalue weighted by molar-refractivity contribution is -0.0691. The van der Waals surface area contributed by atoms with E-state index in [1.165, 1.54) is 64.2 Å². The van der Waals surface area contributed by atoms with Crippen LogP contribution in [0.3, 0.4) is 0 Å². The monoisotopic (exact) mass is 432 g/mol. The molecule has 0 aromatic heterocycles. The van der Waals surface area contributed by atoms with Gasteiger partial charge in [-0.2, -0.15) is 15.8 Å². The van der Waals surface area contributed by atoms with Gasteiger partial charge in [0, 0.05) is 24.0 Å². The van der Waals surface area contributed by atoms with Crippen LogP contribution in [0.15, 0.2) is 0 Å². The first kappa shape index (κ1) is 21.0. The number of nitriles is 3. The number of hydrogen-bond acceptors (Lipinski definition) is 5. The first-order valence-corrected chi connectivity index (χ1v) is 13.4. The summed E-state index contributed by atoms with van der Waals surface area (Å²) in [7, 11) is 0. The van der Waals surface area contributed by atoms with Crippen LogP contribution < -0.4 is 0 Å². The predicted octanol–water partition coefficient (Wildman–Crippen LogP) is 4.79. The third-order valence-corrected chi connectivity index (χ3v) is 10.5. The molecule has 2 aliphatic heterocycles. The summed E-state index contributed by atoms with van der Waals surface area (Å²) in [4.78, 5) is 2.71. The van der Waals surface area contributed by atoms with Crippen molar-refractivity contribution in [3.05, 3.63) is 0 Å². The molecule has 0 aromatic rings. The van der Waals surface area contributed by atoms with Crippen LogP contribution in [0, 0.1) is 75.4 Å². The van der Waals surface area contributed by atoms with E-state index in [0.29, 0.717) is 18.0 Å². The van der Waals surface area contributed by atoms with Crippen LogP contribution in [0.5, 0.6) is 0 Å². The molecule has 0 aromatic carbocycles. The van der Waals surface area contributed by atoms with Crippen molar-refractivity contribution < 1.29 is 4.74 Å². The summed E-state index contributed by atoms with van der Waals surface area (Å²) in [6.45, 7) is 0. The third-order valence-electron chi connectivity index (χ3n) is 10.5. The molecular weight excluding hydrogens is 396 g/mol. The lowest BCUT2D eigenvalue weighted by atomic mass is 9.59. The van der Waals surface area contributed by atoms with Gasteiger partial charge in [0.2, 0.25) is 0 Å². The second-order valence-electron chi connectivity index (χ2n) is 11.6. The zero-order chi connectivity index (χ0) is 21.8. The maximum atomic E-state index is 10.6. The van der Waals surface area contributed by atoms with Crippen LogP contribution in [-0.4, -0.2) is 35.2 Å². The number of rotatable bonds is 1. The smallest absolute Gasteiger partial charge is 0.0902 e. The van der Waals surface area contributed by atoms with Gasteiger partial charge in [-0.25, -0.2) is 0 Å². The van der Waals surface area contributed by atoms with Gasteiger partial charge in [0.25, 0.3) is 0 Å². The summed E-state index contributed by atoms with van der Waals surface area (Å²) in [5.41, 5.74) is 0. The van der Waals surface area contributed by atoms with Gasteiger partial charge in [-0.05, 0) is 56.3 Å². The number of ether oxygens (including phenoxy) is 1. The quantitative estimate of drug-likeness (QED) is 0.594. The lowest BCUT2D eigenvalue weighted by Crippen LogP contribution is -2.61. The molecule has 32 heavy (non-hydrogen) atoms. The number of hydrogen-bond donors (Lipinski definition) is 0. The van der Waals surface area contributed by atoms with E-state index in [-0.39, 0.29) is 30.1 Å². The second-order valence-corrected chi connectivity index (χ2v) is 11.6. The van der Waals surface area contributed by atoms with E-state index < -0.39 is 11.8 Å². The van der Waals surface area contributed by atoms with Gasteiger partial charge in [0.15, 0.2) is 0 Å². The molecule has 2 saturated heterocycles. The standard InChI is InChI=1S/C27H36N4O/c28-13-19-20(14-29)27-25(18-9-3-6-12-24(18)32-27)21(15-30)26(19)31-22-10-4-1-7-16(22)17-8-2-5-11-23(17)31/h16-27H,1-12H2. The Kier molecular flexibility index (Phi) is 5.44. The number of likely N-dealkylation sites (tertiary alicyclic amines) is 1. The Balaban J connectivity index is 1.43. The molecule has 2 heterocycles. The molecule has 6 rings (SSSR count). The van der Waals surface area contributed by atoms with Gasteiger partial charge in [0.05, 0.1) is 48.2 Å². The zero-order valence-corrected chi connectivity index (χ0v) is 19.1. The molecule has 170 valence electrons. The molecule has 0 bridgehead atoms. The highest BCUT2D eigenvalue weighted by atomic mass is 16.5. The highest BCUT2D eigenvalue weighted by Gasteiger charge is 2.64. The Hall–Kier alpha value is -1.61. The van der Waals surface area contributed by atoms with Crippen molar-refractivity contribution in [1.82, 2.24) is 4.90 Å². The van der Waals surface area contributed by atoms with Crippen molar-refractivity contribution in [2.24, 2.45) is 41.4 Å². The van der Waals surface area contributed by atoms with Crippen LogP contribution in [0.1, 0.15) is 77.0 Å². The van der Waals surface area contributed by atoms with Crippen LogP contribution >= 0.6 is 0 Å². The van der Waals surface area contributed by atoms with E-state index in [9.17, 15) is 15.8 Å². The van der Waals surface area contributed by atoms with Gasteiger partial charge in [0.1, 0.15) is 0 Å². The highest BCUT2D eigenvalue weighted by Crippen LogP contribution is 2.58. The molecule has 5 heteroatoms. The summed E-state index contributed by atoms with van der Waals surface area (Å²) < 4.78 is 6.52. The van der Waals surface area contributed by atoms with Crippen LogP contribution in [-0.2, 0) is 4.74 Å². The topological polar surface area (TPSA) is 83.8 Å². The first-order valence-electron chi connectivity index (χ1n) is 13.4. The fourth-order valence-corrected chi connectivity index (χ4v) is 9.48. The van der Waals surface area contributed by atoms with E-state index in [0.717, 1.165) is 24.7 Å². The van der Waals surface area contributed by atoms with Crippen molar-refractivity contribution in [3.8, 4) is 18.2 Å². The maximum absolute atomic E-state index is 10.6. The van der Waals surface area contributed by atoms with E-state index >= 15 is 0 Å². The summed E-state index contributed by atoms with van der Waals surface area (Å²) in [6.07, 6.45) is 14.7. The van der Waals surface area contributed by atoms with Gasteiger partial charge in [-0.15, -0.1) is 0 Å². The average Bonchev–Trinajstić information content (AvgIpc) is 3.38. The minimum Gasteiger partial charge on any atom is -0.373 e. The first-order chi connectivity index (χ1) is 15.8. The highest BCUT2D eigenvalue weighted by molar-refractivity contribution is 5.23. The van der Waals surface area contributed by atoms with E-state index in [4.69, 9.17) is 4.74 Å². The van der Waals surface area contributed by atoms with Crippen molar-refractivity contribution in [2.45, 2.75) is 107 Å². The van der Waals surface area contributed by atoms with Crippen LogP contribution in [0.2, 0.25) is 0 Å². The van der Waals surface area contributed by atoms with Crippen molar-refractivity contribution in [3.63, 3.8) is 0 Å². The molecule has 4 aliphatic carbocycles. The minimum absolute atomic E-state index is 0.0983. The summed E-state index contributed by atoms with van der Waals surface area (Å²) in [5.74, 6) is 0.953. The molecule has 4 saturated carbocycles. The molecule has 0 spiro atoms. The molecule has 5 nitrogen and oxygen atoms in total. The molecule has 6 fully saturated rings. The predicted molar refractivity (Wildman–Crippen MR) is 119 cm³/mol. The summed E-state index contributed by atoms with van der Waals surface area (Å²) in [5, 5.41) is 31.3. The van der Waals surface area contributed by atoms with E-state index in [1.54, 1.807) is 0 Å². The van der Waals surface area contributed by atoms with E-state index in [1.807, 2.05) is 0 Å². The van der Waals surface area contributed by atoms with Gasteiger partial charge >= 0.3 is 0 Å². The third kappa shape index (κ3) is 2.92. The second kappa shape index (κ2) is 8.31. The van der Waals surface area contributed by atoms with Crippen molar-refractivity contribution in [2.75, 3.05) is 0 Å². The summed E-state index contributed by atoms with van der Waals surface area (Å²) in [6, 6.07) is 8.80. The Morgan fingerprint density at radius 3 is 1.72 bits per heavy atom. The maximum Gasteiger partial charge on any atom is 0.0902 e. The van der Waals surface area contributed by atoms with E-state index in [2.05, 4.69) is 23.1 Å². The SMILES string of the molecule is N#CC1C(C#N)C(N2C3CCCCC3C3CCCCC32)C(C#N)C2C3CCCCC3OC12. The Bertz CT molecular complexity index is 831. The normalized spacial score (nSPS) is 52.4. The Morgan fingerprint density at radius 2 is 1.12 bits per heavy atom. The fourth-order valence-electron chi connectivity index (χ4n) is 9.48. The Morgan fingerprint density at radius 1 is 0.594 bits per heavy atom. The molecule has 12 unspecified atom stereocenters. The minimum atomic E-state index is -0.422. The van der Waals surface area contributed by atoms with Crippen molar-refractivity contribution in [1.29, 1.82) is 15.8 Å². The molecule has 6 aliphatic rings. The van der Waals surface area contributed by atoms with Gasteiger partial charge in [-0.1, -0.05) is 38.5 Å². The van der Waals surface area contributed by atoms with Crippen LogP contribution in [0.4, 0.5) is 0 Å². The molecule has 0 radical (unpaired) electrons. The summed E-state index contributed by atoms with van der Waals surface area (Å²) >= 11 is 0. The molecule has 0 N–H and O–H groups in total. The number of nitrogens with zero attached hydrogens (tertiary/aromatic N) is 4. The number of fused-ring (bicyclic) bond motifs is 6. The molecule has 0 amide bonds. The average molecular weight is 433 g/mol. The van der Waals surface area contributed by atoms with Gasteiger partial charge in [-0.3, -0.25) is 4.90 Å². The zero-order valence-electron chi connectivity index (χ0n) is 19.1. The molecular formula is C27H36N4O. The van der Waals surface area contributed by atoms with Crippen LogP contribution in [0.25, 0.3) is 0 Å². The Labute approximate surface area is 192 Å². The fraction of sp³-hybridized carbons (Fsp3) is 0.889.